The highest BCUT2D eigenvalue weighted by atomic mass is 79.9. The summed E-state index contributed by atoms with van der Waals surface area (Å²) in [5.41, 5.74) is 5.74. The lowest BCUT2D eigenvalue weighted by molar-refractivity contribution is -0.136. The van der Waals surface area contributed by atoms with Gasteiger partial charge in [0.05, 0.1) is 19.2 Å². The van der Waals surface area contributed by atoms with E-state index in [1.54, 1.807) is 36.1 Å². The summed E-state index contributed by atoms with van der Waals surface area (Å²) in [7, 11) is 1.56. The van der Waals surface area contributed by atoms with Crippen LogP contribution in [0.4, 0.5) is 0 Å². The van der Waals surface area contributed by atoms with Gasteiger partial charge in [0.2, 0.25) is 0 Å². The van der Waals surface area contributed by atoms with E-state index in [0.29, 0.717) is 23.4 Å². The molecule has 0 saturated carbocycles. The van der Waals surface area contributed by atoms with Gasteiger partial charge in [-0.15, -0.1) is 0 Å². The number of methoxy groups -OCH3 is 1. The number of amides is 1. The zero-order valence-electron chi connectivity index (χ0n) is 15.2. The minimum absolute atomic E-state index is 0.0256. The molecular weight excluding hydrogens is 424 g/mol. The molecule has 7 heteroatoms. The molecule has 0 aliphatic heterocycles. The Kier molecular flexibility index (Phi) is 6.16. The van der Waals surface area contributed by atoms with E-state index in [9.17, 15) is 9.59 Å². The Balaban J connectivity index is 1.93. The van der Waals surface area contributed by atoms with E-state index in [2.05, 4.69) is 21.4 Å². The molecule has 3 rings (SSSR count). The maximum absolute atomic E-state index is 12.7. The Labute approximate surface area is 170 Å². The van der Waals surface area contributed by atoms with Crippen LogP contribution in [0.15, 0.2) is 65.1 Å². The van der Waals surface area contributed by atoms with Crippen LogP contribution in [0.5, 0.6) is 5.75 Å². The van der Waals surface area contributed by atoms with Crippen molar-refractivity contribution in [1.82, 2.24) is 4.68 Å². The average Bonchev–Trinajstić information content (AvgIpc) is 3.09. The number of carbonyl (C=O) groups excluding carboxylic acids is 1. The van der Waals surface area contributed by atoms with Crippen molar-refractivity contribution in [2.75, 3.05) is 12.5 Å². The van der Waals surface area contributed by atoms with Crippen LogP contribution in [-0.4, -0.2) is 28.8 Å². The fourth-order valence-electron chi connectivity index (χ4n) is 2.80. The summed E-state index contributed by atoms with van der Waals surface area (Å²) >= 11 is 3.41. The van der Waals surface area contributed by atoms with Gasteiger partial charge < -0.3 is 9.84 Å². The Bertz CT molecular complexity index is 979. The normalized spacial score (nSPS) is 10.5. The molecule has 0 aliphatic carbocycles. The molecule has 1 aromatic heterocycles. The number of rotatable bonds is 7. The first-order valence-electron chi connectivity index (χ1n) is 8.61. The van der Waals surface area contributed by atoms with Crippen LogP contribution < -0.4 is 10.2 Å². The van der Waals surface area contributed by atoms with Gasteiger partial charge in [0, 0.05) is 27.7 Å². The second-order valence-electron chi connectivity index (χ2n) is 6.12. The number of nitrogens with one attached hydrogen (secondary N) is 1. The highest BCUT2D eigenvalue weighted by Crippen LogP contribution is 2.24. The van der Waals surface area contributed by atoms with Crippen LogP contribution in [-0.2, 0) is 11.2 Å². The summed E-state index contributed by atoms with van der Waals surface area (Å²) < 4.78 is 7.72. The van der Waals surface area contributed by atoms with E-state index in [1.807, 2.05) is 36.4 Å². The first-order valence-corrected chi connectivity index (χ1v) is 9.41. The highest BCUT2D eigenvalue weighted by Gasteiger charge is 2.15. The molecule has 0 radical (unpaired) electrons. The maximum atomic E-state index is 12.7. The van der Waals surface area contributed by atoms with Crippen LogP contribution in [0.1, 0.15) is 22.5 Å². The summed E-state index contributed by atoms with van der Waals surface area (Å²) in [5.74, 6) is -0.525. The van der Waals surface area contributed by atoms with Crippen LogP contribution in [0.2, 0.25) is 0 Å². The lowest BCUT2D eigenvalue weighted by atomic mass is 10.1. The van der Waals surface area contributed by atoms with Crippen molar-refractivity contribution >= 4 is 27.8 Å². The molecule has 2 N–H and O–H groups in total. The predicted molar refractivity (Wildman–Crippen MR) is 110 cm³/mol. The zero-order valence-corrected chi connectivity index (χ0v) is 16.8. The monoisotopic (exact) mass is 442 g/mol. The van der Waals surface area contributed by atoms with Gasteiger partial charge in [-0.25, -0.2) is 0 Å². The van der Waals surface area contributed by atoms with Crippen molar-refractivity contribution in [3.8, 4) is 17.0 Å². The maximum Gasteiger partial charge on any atom is 0.303 e. The molecule has 0 saturated heterocycles. The van der Waals surface area contributed by atoms with Gasteiger partial charge in [-0.1, -0.05) is 28.1 Å². The number of carboxylic acids is 1. The Morgan fingerprint density at radius 3 is 2.32 bits per heavy atom. The number of carbonyl (C=O) groups is 2. The van der Waals surface area contributed by atoms with Gasteiger partial charge in [-0.05, 0) is 48.5 Å². The molecule has 0 aliphatic rings. The van der Waals surface area contributed by atoms with E-state index < -0.39 is 5.97 Å². The summed E-state index contributed by atoms with van der Waals surface area (Å²) in [4.78, 5) is 23.7. The SMILES string of the molecule is COc1ccc(C(=O)Nn2c(CCC(=O)O)ccc2-c2ccc(Br)cc2)cc1. The fraction of sp³-hybridized carbons (Fsp3) is 0.143. The van der Waals surface area contributed by atoms with E-state index in [0.717, 1.165) is 15.7 Å². The number of aliphatic carboxylic acids is 1. The number of carboxylic acid groups (broad SMARTS) is 1. The molecule has 0 unspecified atom stereocenters. The van der Waals surface area contributed by atoms with Gasteiger partial charge in [-0.2, -0.15) is 0 Å². The van der Waals surface area contributed by atoms with Crippen molar-refractivity contribution in [1.29, 1.82) is 0 Å². The smallest absolute Gasteiger partial charge is 0.303 e. The molecular formula is C21H19BrN2O4. The van der Waals surface area contributed by atoms with E-state index >= 15 is 0 Å². The number of hydrogen-bond acceptors (Lipinski definition) is 3. The van der Waals surface area contributed by atoms with Gasteiger partial charge in [0.15, 0.2) is 0 Å². The van der Waals surface area contributed by atoms with Gasteiger partial charge in [0.1, 0.15) is 5.75 Å². The average molecular weight is 443 g/mol. The third-order valence-corrected chi connectivity index (χ3v) is 4.79. The van der Waals surface area contributed by atoms with E-state index in [-0.39, 0.29) is 12.3 Å². The van der Waals surface area contributed by atoms with Gasteiger partial charge in [0.25, 0.3) is 5.91 Å². The predicted octanol–water partition coefficient (Wildman–Crippen LogP) is 4.33. The third kappa shape index (κ3) is 4.61. The topological polar surface area (TPSA) is 80.6 Å². The minimum atomic E-state index is -0.889. The summed E-state index contributed by atoms with van der Waals surface area (Å²) in [6.07, 6.45) is 0.275. The van der Waals surface area contributed by atoms with Crippen molar-refractivity contribution in [3.63, 3.8) is 0 Å². The molecule has 2 aromatic carbocycles. The molecule has 3 aromatic rings. The lowest BCUT2D eigenvalue weighted by Crippen LogP contribution is -2.25. The molecule has 0 atom stereocenters. The van der Waals surface area contributed by atoms with E-state index in [1.165, 1.54) is 0 Å². The summed E-state index contributed by atoms with van der Waals surface area (Å²) in [5, 5.41) is 9.02. The number of benzene rings is 2. The standard InChI is InChI=1S/C21H19BrN2O4/c1-28-18-10-4-15(5-11-18)21(27)23-24-17(9-13-20(25)26)8-12-19(24)14-2-6-16(22)7-3-14/h2-8,10-12H,9,13H2,1H3,(H,23,27)(H,25,26). The number of nitrogens with zero attached hydrogens (tertiary/aromatic N) is 1. The number of aryl methyl sites for hydroxylation is 1. The number of halogens is 1. The Morgan fingerprint density at radius 1 is 1.04 bits per heavy atom. The van der Waals surface area contributed by atoms with Gasteiger partial charge >= 0.3 is 5.97 Å². The number of hydrogen-bond donors (Lipinski definition) is 2. The second-order valence-corrected chi connectivity index (χ2v) is 7.03. The fourth-order valence-corrected chi connectivity index (χ4v) is 3.06. The van der Waals surface area contributed by atoms with Crippen molar-refractivity contribution in [2.24, 2.45) is 0 Å². The number of ether oxygens (including phenoxy) is 1. The van der Waals surface area contributed by atoms with E-state index in [4.69, 9.17) is 9.84 Å². The van der Waals surface area contributed by atoms with Crippen LogP contribution >= 0.6 is 15.9 Å². The van der Waals surface area contributed by atoms with Crippen LogP contribution in [0, 0.1) is 0 Å². The molecule has 0 fully saturated rings. The first-order chi connectivity index (χ1) is 13.5. The molecule has 144 valence electrons. The first kappa shape index (κ1) is 19.7. The Hall–Kier alpha value is -3.06. The molecule has 1 amide bonds. The minimum Gasteiger partial charge on any atom is -0.497 e. The highest BCUT2D eigenvalue weighted by molar-refractivity contribution is 9.10. The van der Waals surface area contributed by atoms with Crippen molar-refractivity contribution < 1.29 is 19.4 Å². The quantitative estimate of drug-likeness (QED) is 0.570. The molecule has 1 heterocycles. The van der Waals surface area contributed by atoms with Gasteiger partial charge in [-0.3, -0.25) is 19.7 Å². The number of aromatic nitrogens is 1. The van der Waals surface area contributed by atoms with Crippen LogP contribution in [0.25, 0.3) is 11.3 Å². The van der Waals surface area contributed by atoms with Crippen molar-refractivity contribution in [2.45, 2.75) is 12.8 Å². The Morgan fingerprint density at radius 2 is 1.71 bits per heavy atom. The van der Waals surface area contributed by atoms with Crippen molar-refractivity contribution in [3.05, 3.63) is 76.4 Å². The third-order valence-electron chi connectivity index (χ3n) is 4.26. The van der Waals surface area contributed by atoms with Crippen LogP contribution in [0.3, 0.4) is 0 Å². The molecule has 0 bridgehead atoms. The second kappa shape index (κ2) is 8.75. The molecule has 6 nitrogen and oxygen atoms in total. The summed E-state index contributed by atoms with van der Waals surface area (Å²) in [6.45, 7) is 0. The summed E-state index contributed by atoms with van der Waals surface area (Å²) in [6, 6.07) is 18.2. The molecule has 0 spiro atoms. The lowest BCUT2D eigenvalue weighted by Gasteiger charge is -2.15. The largest absolute Gasteiger partial charge is 0.497 e. The molecule has 28 heavy (non-hydrogen) atoms. The zero-order chi connectivity index (χ0) is 20.1.